The van der Waals surface area contributed by atoms with E-state index in [4.69, 9.17) is 23.2 Å². The predicted molar refractivity (Wildman–Crippen MR) is 72.8 cm³/mol. The summed E-state index contributed by atoms with van der Waals surface area (Å²) in [4.78, 5) is 1.34. The van der Waals surface area contributed by atoms with Crippen LogP contribution in [0, 0.1) is 6.92 Å². The van der Waals surface area contributed by atoms with Gasteiger partial charge in [0.25, 0.3) is 0 Å². The molecule has 0 saturated carbocycles. The van der Waals surface area contributed by atoms with E-state index in [9.17, 15) is 0 Å². The molecule has 84 valence electrons. The van der Waals surface area contributed by atoms with Gasteiger partial charge in [-0.15, -0.1) is 11.3 Å². The first-order valence-corrected chi connectivity index (χ1v) is 6.52. The summed E-state index contributed by atoms with van der Waals surface area (Å²) >= 11 is 13.5. The van der Waals surface area contributed by atoms with Crippen LogP contribution >= 0.6 is 34.5 Å². The minimum atomic E-state index is 0.578. The van der Waals surface area contributed by atoms with Crippen LogP contribution in [0.3, 0.4) is 0 Å². The van der Waals surface area contributed by atoms with Gasteiger partial charge < -0.3 is 5.32 Å². The Bertz CT molecular complexity index is 494. The van der Waals surface area contributed by atoms with Gasteiger partial charge in [-0.2, -0.15) is 0 Å². The van der Waals surface area contributed by atoms with E-state index in [1.807, 2.05) is 12.1 Å². The zero-order chi connectivity index (χ0) is 11.5. The Kier molecular flexibility index (Phi) is 3.74. The lowest BCUT2D eigenvalue weighted by molar-refractivity contribution is 1.17. The number of nitrogens with one attached hydrogen (secondary N) is 1. The zero-order valence-electron chi connectivity index (χ0n) is 8.76. The van der Waals surface area contributed by atoms with E-state index in [-0.39, 0.29) is 0 Å². The van der Waals surface area contributed by atoms with Crippen molar-refractivity contribution in [2.45, 2.75) is 13.5 Å². The van der Waals surface area contributed by atoms with Gasteiger partial charge in [0.2, 0.25) is 0 Å². The van der Waals surface area contributed by atoms with Crippen molar-refractivity contribution in [3.05, 3.63) is 50.1 Å². The van der Waals surface area contributed by atoms with Gasteiger partial charge in [-0.05, 0) is 42.1 Å². The molecular weight excluding hydrogens is 261 g/mol. The number of benzene rings is 1. The topological polar surface area (TPSA) is 12.0 Å². The van der Waals surface area contributed by atoms with Gasteiger partial charge in [0.15, 0.2) is 0 Å². The Morgan fingerprint density at radius 2 is 2.00 bits per heavy atom. The summed E-state index contributed by atoms with van der Waals surface area (Å²) in [6.07, 6.45) is 0. The lowest BCUT2D eigenvalue weighted by atomic mass is 10.2. The summed E-state index contributed by atoms with van der Waals surface area (Å²) in [6, 6.07) is 7.69. The average Bonchev–Trinajstić information content (AvgIpc) is 2.66. The molecule has 0 radical (unpaired) electrons. The van der Waals surface area contributed by atoms with Crippen LogP contribution in [0.5, 0.6) is 0 Å². The molecule has 0 amide bonds. The summed E-state index contributed by atoms with van der Waals surface area (Å²) < 4.78 is 0. The Hall–Kier alpha value is -0.700. The van der Waals surface area contributed by atoms with Crippen molar-refractivity contribution in [2.75, 3.05) is 5.32 Å². The van der Waals surface area contributed by atoms with Crippen LogP contribution in [0.1, 0.15) is 10.4 Å². The lowest BCUT2D eigenvalue weighted by Crippen LogP contribution is -1.98. The van der Waals surface area contributed by atoms with Crippen LogP contribution in [-0.2, 0) is 6.54 Å². The highest BCUT2D eigenvalue weighted by molar-refractivity contribution is 7.10. The second kappa shape index (κ2) is 5.09. The average molecular weight is 272 g/mol. The number of hydrogen-bond acceptors (Lipinski definition) is 2. The van der Waals surface area contributed by atoms with E-state index in [0.29, 0.717) is 10.0 Å². The molecule has 0 aliphatic rings. The fourth-order valence-electron chi connectivity index (χ4n) is 1.37. The molecule has 1 aromatic carbocycles. The third-order valence-electron chi connectivity index (χ3n) is 2.34. The fraction of sp³-hybridized carbons (Fsp3) is 0.167. The number of aryl methyl sites for hydroxylation is 1. The van der Waals surface area contributed by atoms with Crippen molar-refractivity contribution < 1.29 is 0 Å². The molecule has 1 aromatic heterocycles. The summed E-state index contributed by atoms with van der Waals surface area (Å²) in [5.41, 5.74) is 2.31. The number of halogens is 2. The van der Waals surface area contributed by atoms with Gasteiger partial charge in [-0.1, -0.05) is 23.2 Å². The highest BCUT2D eigenvalue weighted by atomic mass is 35.5. The molecule has 0 aliphatic heterocycles. The van der Waals surface area contributed by atoms with Gasteiger partial charge >= 0.3 is 0 Å². The van der Waals surface area contributed by atoms with Crippen molar-refractivity contribution in [1.82, 2.24) is 0 Å². The van der Waals surface area contributed by atoms with E-state index in [1.165, 1.54) is 10.4 Å². The normalized spacial score (nSPS) is 10.4. The van der Waals surface area contributed by atoms with Gasteiger partial charge in [0.1, 0.15) is 0 Å². The van der Waals surface area contributed by atoms with Crippen LogP contribution < -0.4 is 5.32 Å². The molecule has 2 aromatic rings. The van der Waals surface area contributed by atoms with E-state index in [2.05, 4.69) is 23.7 Å². The Morgan fingerprint density at radius 1 is 1.19 bits per heavy atom. The van der Waals surface area contributed by atoms with E-state index in [0.717, 1.165) is 12.2 Å². The maximum atomic E-state index is 5.94. The molecule has 2 rings (SSSR count). The first-order chi connectivity index (χ1) is 7.66. The van der Waals surface area contributed by atoms with Crippen molar-refractivity contribution in [3.63, 3.8) is 0 Å². The summed E-state index contributed by atoms with van der Waals surface area (Å²) in [5, 5.41) is 6.58. The van der Waals surface area contributed by atoms with Crippen LogP contribution in [0.15, 0.2) is 29.6 Å². The van der Waals surface area contributed by atoms with Crippen LogP contribution in [0.2, 0.25) is 10.0 Å². The molecule has 0 fully saturated rings. The first kappa shape index (κ1) is 11.8. The van der Waals surface area contributed by atoms with Gasteiger partial charge in [-0.3, -0.25) is 0 Å². The van der Waals surface area contributed by atoms with Crippen LogP contribution in [0.4, 0.5) is 5.69 Å². The number of anilines is 1. The Morgan fingerprint density at radius 3 is 2.62 bits per heavy atom. The smallest absolute Gasteiger partial charge is 0.0612 e. The molecule has 1 N–H and O–H groups in total. The number of rotatable bonds is 3. The third kappa shape index (κ3) is 2.70. The maximum Gasteiger partial charge on any atom is 0.0612 e. The van der Waals surface area contributed by atoms with Crippen LogP contribution in [-0.4, -0.2) is 0 Å². The van der Waals surface area contributed by atoms with Gasteiger partial charge in [-0.25, -0.2) is 0 Å². The second-order valence-corrected chi connectivity index (χ2v) is 5.32. The van der Waals surface area contributed by atoms with E-state index in [1.54, 1.807) is 17.4 Å². The monoisotopic (exact) mass is 271 g/mol. The lowest BCUT2D eigenvalue weighted by Gasteiger charge is -2.06. The van der Waals surface area contributed by atoms with Crippen molar-refractivity contribution >= 4 is 40.2 Å². The molecule has 0 unspecified atom stereocenters. The first-order valence-electron chi connectivity index (χ1n) is 4.88. The van der Waals surface area contributed by atoms with Crippen molar-refractivity contribution in [1.29, 1.82) is 0 Å². The summed E-state index contributed by atoms with van der Waals surface area (Å²) in [7, 11) is 0. The standard InChI is InChI=1S/C12H11Cl2NS/c1-8-4-5-16-12(8)7-15-9-2-3-10(13)11(14)6-9/h2-6,15H,7H2,1H3. The van der Waals surface area contributed by atoms with E-state index >= 15 is 0 Å². The molecule has 0 saturated heterocycles. The number of hydrogen-bond donors (Lipinski definition) is 1. The molecule has 0 spiro atoms. The number of thiophene rings is 1. The molecular formula is C12H11Cl2NS. The van der Waals surface area contributed by atoms with Gasteiger partial charge in [0.05, 0.1) is 10.0 Å². The second-order valence-electron chi connectivity index (χ2n) is 3.51. The largest absolute Gasteiger partial charge is 0.380 e. The molecule has 1 nitrogen and oxygen atoms in total. The molecule has 0 bridgehead atoms. The van der Waals surface area contributed by atoms with Crippen molar-refractivity contribution in [2.24, 2.45) is 0 Å². The third-order valence-corrected chi connectivity index (χ3v) is 4.10. The highest BCUT2D eigenvalue weighted by Crippen LogP contribution is 2.25. The highest BCUT2D eigenvalue weighted by Gasteiger charge is 2.01. The SMILES string of the molecule is Cc1ccsc1CNc1ccc(Cl)c(Cl)c1. The fourth-order valence-corrected chi connectivity index (χ4v) is 2.52. The van der Waals surface area contributed by atoms with Gasteiger partial charge in [0, 0.05) is 17.1 Å². The van der Waals surface area contributed by atoms with Crippen LogP contribution in [0.25, 0.3) is 0 Å². The summed E-state index contributed by atoms with van der Waals surface area (Å²) in [6.45, 7) is 2.93. The predicted octanol–water partition coefficient (Wildman–Crippen LogP) is 4.98. The Balaban J connectivity index is 2.05. The molecule has 16 heavy (non-hydrogen) atoms. The Labute approximate surface area is 109 Å². The summed E-state index contributed by atoms with van der Waals surface area (Å²) in [5.74, 6) is 0. The molecule has 1 heterocycles. The zero-order valence-corrected chi connectivity index (χ0v) is 11.1. The maximum absolute atomic E-state index is 5.94. The molecule has 0 atom stereocenters. The molecule has 4 heteroatoms. The minimum absolute atomic E-state index is 0.578. The van der Waals surface area contributed by atoms with Crippen molar-refractivity contribution in [3.8, 4) is 0 Å². The molecule has 0 aliphatic carbocycles. The van der Waals surface area contributed by atoms with E-state index < -0.39 is 0 Å². The minimum Gasteiger partial charge on any atom is -0.380 e. The quantitative estimate of drug-likeness (QED) is 0.831.